The molecule has 0 N–H and O–H groups in total. The summed E-state index contributed by atoms with van der Waals surface area (Å²) < 4.78 is 8.11. The van der Waals surface area contributed by atoms with Gasteiger partial charge in [0, 0.05) is 32.8 Å². The Bertz CT molecular complexity index is 660. The molecule has 0 bridgehead atoms. The van der Waals surface area contributed by atoms with Gasteiger partial charge >= 0.3 is 0 Å². The van der Waals surface area contributed by atoms with Gasteiger partial charge in [-0.25, -0.2) is 0 Å². The van der Waals surface area contributed by atoms with Crippen molar-refractivity contribution in [3.63, 3.8) is 0 Å². The minimum absolute atomic E-state index is 0.231. The molecule has 3 saturated heterocycles. The standard InChI is InChI=1S/C21H35N5O2S/c1-17-8-12-25(13-9-17)20-22-23-21(26(20)15-18-7-6-14-28-18)29-16-19(27)24-10-4-2-3-5-11-24/h17-18H,2-16H2,1H3. The summed E-state index contributed by atoms with van der Waals surface area (Å²) in [5.74, 6) is 2.41. The van der Waals surface area contributed by atoms with Crippen molar-refractivity contribution in [3.8, 4) is 0 Å². The second-order valence-corrected chi connectivity index (χ2v) is 9.72. The maximum absolute atomic E-state index is 12.7. The Balaban J connectivity index is 1.44. The number of amides is 1. The maximum atomic E-state index is 12.7. The molecule has 4 rings (SSSR count). The Morgan fingerprint density at radius 3 is 2.48 bits per heavy atom. The number of nitrogens with zero attached hydrogens (tertiary/aromatic N) is 5. The van der Waals surface area contributed by atoms with Gasteiger partial charge in [-0.3, -0.25) is 9.36 Å². The van der Waals surface area contributed by atoms with Crippen molar-refractivity contribution in [2.24, 2.45) is 5.92 Å². The van der Waals surface area contributed by atoms with Gasteiger partial charge < -0.3 is 14.5 Å². The number of ether oxygens (including phenoxy) is 1. The largest absolute Gasteiger partial charge is 0.376 e. The molecule has 1 aromatic rings. The molecule has 7 nitrogen and oxygen atoms in total. The summed E-state index contributed by atoms with van der Waals surface area (Å²) in [7, 11) is 0. The molecule has 1 unspecified atom stereocenters. The van der Waals surface area contributed by atoms with E-state index >= 15 is 0 Å². The number of carbonyl (C=O) groups excluding carboxylic acids is 1. The number of anilines is 1. The molecule has 0 radical (unpaired) electrons. The molecule has 1 aromatic heterocycles. The number of aromatic nitrogens is 3. The van der Waals surface area contributed by atoms with Crippen LogP contribution in [0.3, 0.4) is 0 Å². The molecule has 4 heterocycles. The average Bonchev–Trinajstić information content (AvgIpc) is 3.29. The summed E-state index contributed by atoms with van der Waals surface area (Å²) in [6, 6.07) is 0. The fraction of sp³-hybridized carbons (Fsp3) is 0.857. The summed E-state index contributed by atoms with van der Waals surface area (Å²) in [5, 5.41) is 9.90. The highest BCUT2D eigenvalue weighted by Crippen LogP contribution is 2.28. The van der Waals surface area contributed by atoms with Gasteiger partial charge in [0.1, 0.15) is 0 Å². The topological polar surface area (TPSA) is 63.5 Å². The number of thioether (sulfide) groups is 1. The van der Waals surface area contributed by atoms with Crippen LogP contribution in [-0.4, -0.2) is 70.2 Å². The normalized spacial score (nSPS) is 24.1. The lowest BCUT2D eigenvalue weighted by atomic mass is 10.00. The van der Waals surface area contributed by atoms with Crippen LogP contribution in [0.15, 0.2) is 5.16 Å². The fourth-order valence-electron chi connectivity index (χ4n) is 4.52. The molecule has 29 heavy (non-hydrogen) atoms. The first kappa shape index (κ1) is 21.0. The molecular weight excluding hydrogens is 386 g/mol. The smallest absolute Gasteiger partial charge is 0.233 e. The first-order chi connectivity index (χ1) is 14.2. The first-order valence-corrected chi connectivity index (χ1v) is 12.4. The van der Waals surface area contributed by atoms with Crippen molar-refractivity contribution in [2.45, 2.75) is 76.1 Å². The highest BCUT2D eigenvalue weighted by molar-refractivity contribution is 7.99. The van der Waals surface area contributed by atoms with E-state index in [0.717, 1.165) is 82.0 Å². The zero-order valence-electron chi connectivity index (χ0n) is 17.7. The van der Waals surface area contributed by atoms with E-state index in [-0.39, 0.29) is 12.0 Å². The second kappa shape index (κ2) is 10.2. The molecule has 0 aliphatic carbocycles. The third-order valence-corrected chi connectivity index (χ3v) is 7.41. The summed E-state index contributed by atoms with van der Waals surface area (Å²) in [4.78, 5) is 17.1. The lowest BCUT2D eigenvalue weighted by Gasteiger charge is -2.31. The average molecular weight is 422 g/mol. The molecule has 0 saturated carbocycles. The minimum Gasteiger partial charge on any atom is -0.376 e. The summed E-state index contributed by atoms with van der Waals surface area (Å²) in [5.41, 5.74) is 0. The Kier molecular flexibility index (Phi) is 7.34. The van der Waals surface area contributed by atoms with Gasteiger partial charge in [0.05, 0.1) is 18.4 Å². The van der Waals surface area contributed by atoms with E-state index in [9.17, 15) is 4.79 Å². The summed E-state index contributed by atoms with van der Waals surface area (Å²) in [6.07, 6.45) is 9.58. The van der Waals surface area contributed by atoms with Crippen molar-refractivity contribution in [2.75, 3.05) is 43.4 Å². The van der Waals surface area contributed by atoms with Crippen LogP contribution in [-0.2, 0) is 16.1 Å². The molecule has 8 heteroatoms. The Morgan fingerprint density at radius 1 is 1.03 bits per heavy atom. The van der Waals surface area contributed by atoms with Gasteiger partial charge in [0.25, 0.3) is 0 Å². The van der Waals surface area contributed by atoms with E-state index in [1.54, 1.807) is 11.8 Å². The lowest BCUT2D eigenvalue weighted by Crippen LogP contribution is -2.35. The number of hydrogen-bond acceptors (Lipinski definition) is 6. The van der Waals surface area contributed by atoms with Crippen LogP contribution < -0.4 is 4.90 Å². The van der Waals surface area contributed by atoms with Gasteiger partial charge in [0.2, 0.25) is 11.9 Å². The molecular formula is C21H35N5O2S. The predicted molar refractivity (Wildman–Crippen MR) is 115 cm³/mol. The van der Waals surface area contributed by atoms with Crippen LogP contribution >= 0.6 is 11.8 Å². The minimum atomic E-state index is 0.231. The van der Waals surface area contributed by atoms with E-state index in [2.05, 4.69) is 26.6 Å². The Hall–Kier alpha value is -1.28. The third-order valence-electron chi connectivity index (χ3n) is 6.46. The number of likely N-dealkylation sites (tertiary alicyclic amines) is 1. The highest BCUT2D eigenvalue weighted by atomic mass is 32.2. The molecule has 0 spiro atoms. The van der Waals surface area contributed by atoms with E-state index in [1.165, 1.54) is 25.7 Å². The molecule has 3 fully saturated rings. The Labute approximate surface area is 178 Å². The van der Waals surface area contributed by atoms with Crippen LogP contribution in [0.2, 0.25) is 0 Å². The van der Waals surface area contributed by atoms with Gasteiger partial charge in [-0.2, -0.15) is 0 Å². The summed E-state index contributed by atoms with van der Waals surface area (Å²) >= 11 is 1.54. The number of rotatable bonds is 6. The zero-order chi connectivity index (χ0) is 20.1. The van der Waals surface area contributed by atoms with Gasteiger partial charge in [-0.1, -0.05) is 31.5 Å². The van der Waals surface area contributed by atoms with Gasteiger partial charge in [-0.05, 0) is 44.4 Å². The molecule has 3 aliphatic rings. The monoisotopic (exact) mass is 421 g/mol. The zero-order valence-corrected chi connectivity index (χ0v) is 18.5. The SMILES string of the molecule is CC1CCN(c2nnc(SCC(=O)N3CCCCCC3)n2CC2CCCO2)CC1. The first-order valence-electron chi connectivity index (χ1n) is 11.4. The van der Waals surface area contributed by atoms with E-state index in [1.807, 2.05) is 4.90 Å². The molecule has 0 aromatic carbocycles. The van der Waals surface area contributed by atoms with Crippen molar-refractivity contribution in [1.82, 2.24) is 19.7 Å². The number of carbonyl (C=O) groups is 1. The van der Waals surface area contributed by atoms with E-state index in [4.69, 9.17) is 4.74 Å². The van der Waals surface area contributed by atoms with Gasteiger partial charge in [0.15, 0.2) is 5.16 Å². The van der Waals surface area contributed by atoms with Crippen LogP contribution in [0, 0.1) is 5.92 Å². The molecule has 1 atom stereocenters. The van der Waals surface area contributed by atoms with Gasteiger partial charge in [-0.15, -0.1) is 10.2 Å². The number of hydrogen-bond donors (Lipinski definition) is 0. The fourth-order valence-corrected chi connectivity index (χ4v) is 5.37. The molecule has 162 valence electrons. The van der Waals surface area contributed by atoms with Crippen molar-refractivity contribution >= 4 is 23.6 Å². The van der Waals surface area contributed by atoms with E-state index in [0.29, 0.717) is 5.75 Å². The third kappa shape index (κ3) is 5.45. The maximum Gasteiger partial charge on any atom is 0.233 e. The van der Waals surface area contributed by atoms with Crippen molar-refractivity contribution in [1.29, 1.82) is 0 Å². The molecule has 1 amide bonds. The predicted octanol–water partition coefficient (Wildman–Crippen LogP) is 3.19. The quantitative estimate of drug-likeness (QED) is 0.658. The van der Waals surface area contributed by atoms with Crippen LogP contribution in [0.25, 0.3) is 0 Å². The van der Waals surface area contributed by atoms with Crippen LogP contribution in [0.1, 0.15) is 58.3 Å². The van der Waals surface area contributed by atoms with Crippen LogP contribution in [0.4, 0.5) is 5.95 Å². The summed E-state index contributed by atoms with van der Waals surface area (Å²) in [6.45, 7) is 7.82. The molecule has 3 aliphatic heterocycles. The van der Waals surface area contributed by atoms with Crippen molar-refractivity contribution < 1.29 is 9.53 Å². The van der Waals surface area contributed by atoms with Crippen LogP contribution in [0.5, 0.6) is 0 Å². The lowest BCUT2D eigenvalue weighted by molar-refractivity contribution is -0.128. The number of piperidine rings is 1. The second-order valence-electron chi connectivity index (χ2n) is 8.78. The highest BCUT2D eigenvalue weighted by Gasteiger charge is 2.26. The Morgan fingerprint density at radius 2 is 1.79 bits per heavy atom. The van der Waals surface area contributed by atoms with Crippen molar-refractivity contribution in [3.05, 3.63) is 0 Å². The van der Waals surface area contributed by atoms with E-state index < -0.39 is 0 Å².